The number of sulfone groups is 1. The number of anilines is 1. The molecule has 0 aliphatic rings. The van der Waals surface area contributed by atoms with E-state index >= 15 is 0 Å². The van der Waals surface area contributed by atoms with Crippen LogP contribution in [0.2, 0.25) is 0 Å². The molecule has 0 aliphatic heterocycles. The molecule has 1 amide bonds. The molecule has 202 valence electrons. The second-order valence-electron chi connectivity index (χ2n) is 9.12. The maximum absolute atomic E-state index is 13.5. The van der Waals surface area contributed by atoms with E-state index in [0.717, 1.165) is 17.3 Å². The van der Waals surface area contributed by atoms with Gasteiger partial charge in [0.15, 0.2) is 9.84 Å². The molecule has 0 N–H and O–H groups in total. The van der Waals surface area contributed by atoms with Gasteiger partial charge in [0.2, 0.25) is 0 Å². The van der Waals surface area contributed by atoms with Gasteiger partial charge in [-0.25, -0.2) is 13.2 Å². The number of rotatable bonds is 6. The van der Waals surface area contributed by atoms with E-state index in [1.165, 1.54) is 32.3 Å². The molecule has 37 heavy (non-hydrogen) atoms. The molecule has 0 radical (unpaired) electrons. The highest BCUT2D eigenvalue weighted by atomic mass is 32.2. The summed E-state index contributed by atoms with van der Waals surface area (Å²) in [7, 11) is -2.53. The fraction of sp³-hybridized carbons (Fsp3) is 0.455. The SMILES string of the molecule is CCS(=O)(=O)c1cc(N(C)C(=O)OC(C)(C)C)cnc1-c1cc2cnn(CC(F)(F)C(F)(F)F)c2cn1. The predicted molar refractivity (Wildman–Crippen MR) is 124 cm³/mol. The monoisotopic (exact) mass is 549 g/mol. The molecule has 0 fully saturated rings. The number of carbonyl (C=O) groups is 1. The maximum atomic E-state index is 13.5. The minimum atomic E-state index is -5.76. The van der Waals surface area contributed by atoms with Crippen molar-refractivity contribution >= 4 is 32.5 Å². The Morgan fingerprint density at radius 2 is 1.70 bits per heavy atom. The van der Waals surface area contributed by atoms with Crippen molar-refractivity contribution in [3.05, 3.63) is 30.7 Å². The van der Waals surface area contributed by atoms with Crippen molar-refractivity contribution in [2.75, 3.05) is 17.7 Å². The van der Waals surface area contributed by atoms with Crippen LogP contribution in [0.5, 0.6) is 0 Å². The van der Waals surface area contributed by atoms with Gasteiger partial charge < -0.3 is 4.74 Å². The number of fused-ring (bicyclic) bond motifs is 1. The molecule has 0 spiro atoms. The summed E-state index contributed by atoms with van der Waals surface area (Å²) in [5, 5.41) is 3.74. The zero-order chi connectivity index (χ0) is 28.0. The fourth-order valence-corrected chi connectivity index (χ4v) is 4.21. The van der Waals surface area contributed by atoms with Gasteiger partial charge in [-0.3, -0.25) is 19.5 Å². The number of ether oxygens (including phenoxy) is 1. The van der Waals surface area contributed by atoms with Crippen molar-refractivity contribution in [2.24, 2.45) is 0 Å². The van der Waals surface area contributed by atoms with Crippen LogP contribution in [-0.2, 0) is 21.1 Å². The number of carbonyl (C=O) groups excluding carboxylic acids is 1. The molecular formula is C22H24F5N5O4S. The molecule has 0 aromatic carbocycles. The Bertz CT molecular complexity index is 1430. The van der Waals surface area contributed by atoms with Gasteiger partial charge in [0, 0.05) is 12.4 Å². The van der Waals surface area contributed by atoms with E-state index in [0.29, 0.717) is 4.68 Å². The average molecular weight is 550 g/mol. The lowest BCUT2D eigenvalue weighted by molar-refractivity contribution is -0.287. The van der Waals surface area contributed by atoms with E-state index < -0.39 is 40.2 Å². The van der Waals surface area contributed by atoms with Crippen LogP contribution in [0.3, 0.4) is 0 Å². The molecule has 3 rings (SSSR count). The molecule has 3 aromatic heterocycles. The zero-order valence-corrected chi connectivity index (χ0v) is 21.3. The Labute approximate surface area is 209 Å². The molecule has 0 saturated carbocycles. The second kappa shape index (κ2) is 9.50. The summed E-state index contributed by atoms with van der Waals surface area (Å²) in [5.74, 6) is -5.33. The van der Waals surface area contributed by atoms with Crippen molar-refractivity contribution in [2.45, 2.75) is 56.8 Å². The van der Waals surface area contributed by atoms with Gasteiger partial charge in [-0.05, 0) is 32.9 Å². The van der Waals surface area contributed by atoms with Crippen LogP contribution in [0.1, 0.15) is 27.7 Å². The standard InChI is InChI=1S/C22H24F5N5O4S/c1-6-37(34,35)17-8-14(31(5)19(33)36-20(2,3)4)10-29-18(17)15-7-13-9-30-32(16(13)11-28-15)12-21(23,24)22(25,26)27/h7-11H,6,12H2,1-5H3. The van der Waals surface area contributed by atoms with Gasteiger partial charge >= 0.3 is 18.2 Å². The first kappa shape index (κ1) is 28.2. The molecule has 3 heterocycles. The number of halogens is 5. The van der Waals surface area contributed by atoms with Crippen LogP contribution in [0.25, 0.3) is 22.3 Å². The van der Waals surface area contributed by atoms with E-state index in [1.807, 2.05) is 0 Å². The lowest BCUT2D eigenvalue weighted by Crippen LogP contribution is -2.40. The molecule has 9 nitrogen and oxygen atoms in total. The van der Waals surface area contributed by atoms with E-state index in [4.69, 9.17) is 4.74 Å². The van der Waals surface area contributed by atoms with Crippen LogP contribution in [0, 0.1) is 0 Å². The van der Waals surface area contributed by atoms with E-state index in [2.05, 4.69) is 15.1 Å². The van der Waals surface area contributed by atoms with Crippen molar-refractivity contribution in [3.8, 4) is 11.4 Å². The number of alkyl halides is 5. The van der Waals surface area contributed by atoms with E-state index in [1.54, 1.807) is 20.8 Å². The molecule has 0 unspecified atom stereocenters. The Hall–Kier alpha value is -3.36. The van der Waals surface area contributed by atoms with Gasteiger partial charge in [0.05, 0.1) is 46.1 Å². The van der Waals surface area contributed by atoms with Crippen LogP contribution >= 0.6 is 0 Å². The Morgan fingerprint density at radius 3 is 2.27 bits per heavy atom. The summed E-state index contributed by atoms with van der Waals surface area (Å²) in [6, 6.07) is 2.50. The molecule has 0 atom stereocenters. The van der Waals surface area contributed by atoms with Gasteiger partial charge in [0.25, 0.3) is 0 Å². The quantitative estimate of drug-likeness (QED) is 0.405. The maximum Gasteiger partial charge on any atom is 0.455 e. The van der Waals surface area contributed by atoms with Crippen molar-refractivity contribution in [1.82, 2.24) is 19.7 Å². The first-order valence-corrected chi connectivity index (χ1v) is 12.5. The highest BCUT2D eigenvalue weighted by Gasteiger charge is 2.57. The van der Waals surface area contributed by atoms with Crippen molar-refractivity contribution < 1.29 is 39.9 Å². The van der Waals surface area contributed by atoms with Crippen LogP contribution in [-0.4, -0.2) is 64.8 Å². The topological polar surface area (TPSA) is 107 Å². The summed E-state index contributed by atoms with van der Waals surface area (Å²) >= 11 is 0. The minimum absolute atomic E-state index is 0.00753. The lowest BCUT2D eigenvalue weighted by atomic mass is 10.2. The first-order chi connectivity index (χ1) is 16.9. The number of amides is 1. The molecule has 0 aliphatic carbocycles. The van der Waals surface area contributed by atoms with E-state index in [9.17, 15) is 35.2 Å². The smallest absolute Gasteiger partial charge is 0.443 e. The third-order valence-electron chi connectivity index (χ3n) is 5.14. The molecule has 15 heteroatoms. The first-order valence-electron chi connectivity index (χ1n) is 10.8. The van der Waals surface area contributed by atoms with Crippen LogP contribution < -0.4 is 4.90 Å². The third-order valence-corrected chi connectivity index (χ3v) is 6.88. The van der Waals surface area contributed by atoms with Crippen LogP contribution in [0.4, 0.5) is 32.4 Å². The molecular weight excluding hydrogens is 525 g/mol. The lowest BCUT2D eigenvalue weighted by Gasteiger charge is -2.25. The average Bonchev–Trinajstić information content (AvgIpc) is 3.17. The number of hydrogen-bond donors (Lipinski definition) is 0. The largest absolute Gasteiger partial charge is 0.455 e. The van der Waals surface area contributed by atoms with Crippen molar-refractivity contribution in [3.63, 3.8) is 0 Å². The normalized spacial score (nSPS) is 13.1. The second-order valence-corrected chi connectivity index (χ2v) is 11.4. The molecule has 3 aromatic rings. The summed E-state index contributed by atoms with van der Waals surface area (Å²) in [6.45, 7) is 4.66. The summed E-state index contributed by atoms with van der Waals surface area (Å²) in [5.41, 5.74) is -0.890. The number of aromatic nitrogens is 4. The zero-order valence-electron chi connectivity index (χ0n) is 20.5. The third kappa shape index (κ3) is 5.97. The fourth-order valence-electron chi connectivity index (χ4n) is 3.15. The van der Waals surface area contributed by atoms with Gasteiger partial charge in [-0.15, -0.1) is 0 Å². The Morgan fingerprint density at radius 1 is 1.05 bits per heavy atom. The Balaban J connectivity index is 2.06. The Kier molecular flexibility index (Phi) is 7.25. The molecule has 0 saturated heterocycles. The highest BCUT2D eigenvalue weighted by Crippen LogP contribution is 2.37. The van der Waals surface area contributed by atoms with Gasteiger partial charge in [-0.1, -0.05) is 6.92 Å². The summed E-state index contributed by atoms with van der Waals surface area (Å²) in [6.07, 6.45) is -3.21. The van der Waals surface area contributed by atoms with Gasteiger partial charge in [0.1, 0.15) is 17.8 Å². The van der Waals surface area contributed by atoms with Gasteiger partial charge in [-0.2, -0.15) is 27.1 Å². The number of hydrogen-bond acceptors (Lipinski definition) is 7. The predicted octanol–water partition coefficient (Wildman–Crippen LogP) is 4.86. The minimum Gasteiger partial charge on any atom is -0.443 e. The number of nitrogens with zero attached hydrogens (tertiary/aromatic N) is 5. The van der Waals surface area contributed by atoms with Crippen molar-refractivity contribution in [1.29, 1.82) is 0 Å². The summed E-state index contributed by atoms with van der Waals surface area (Å²) in [4.78, 5) is 21.5. The highest BCUT2D eigenvalue weighted by molar-refractivity contribution is 7.91. The molecule has 0 bridgehead atoms. The number of pyridine rings is 2. The summed E-state index contributed by atoms with van der Waals surface area (Å²) < 4.78 is 96.4. The van der Waals surface area contributed by atoms with E-state index in [-0.39, 0.29) is 38.6 Å². The van der Waals surface area contributed by atoms with Crippen LogP contribution in [0.15, 0.2) is 35.6 Å².